The molecule has 0 saturated heterocycles. The van der Waals surface area contributed by atoms with Crippen LogP contribution in [0.25, 0.3) is 0 Å². The van der Waals surface area contributed by atoms with E-state index in [0.29, 0.717) is 6.61 Å². The van der Waals surface area contributed by atoms with Crippen LogP contribution in [0.15, 0.2) is 18.3 Å². The minimum absolute atomic E-state index is 0.0818. The molecule has 0 aliphatic carbocycles. The maximum atomic E-state index is 5.59. The first-order chi connectivity index (χ1) is 6.40. The summed E-state index contributed by atoms with van der Waals surface area (Å²) >= 11 is 0. The molecule has 1 unspecified atom stereocenters. The van der Waals surface area contributed by atoms with Gasteiger partial charge in [0.2, 0.25) is 0 Å². The van der Waals surface area contributed by atoms with Gasteiger partial charge in [0, 0.05) is 19.2 Å². The van der Waals surface area contributed by atoms with Gasteiger partial charge in [0.1, 0.15) is 5.75 Å². The Morgan fingerprint density at radius 2 is 2.62 bits per heavy atom. The minimum atomic E-state index is -0.0818. The lowest BCUT2D eigenvalue weighted by atomic mass is 10.1. The molecule has 1 aliphatic heterocycles. The lowest BCUT2D eigenvalue weighted by molar-refractivity contribution is -0.0867. The fourth-order valence-electron chi connectivity index (χ4n) is 1.48. The highest BCUT2D eigenvalue weighted by atomic mass is 16.7. The van der Waals surface area contributed by atoms with E-state index in [1.54, 1.807) is 6.20 Å². The molecule has 0 amide bonds. The highest BCUT2D eigenvalue weighted by molar-refractivity contribution is 5.28. The molecule has 1 aliphatic rings. The van der Waals surface area contributed by atoms with Crippen molar-refractivity contribution in [2.75, 3.05) is 6.61 Å². The van der Waals surface area contributed by atoms with Gasteiger partial charge in [-0.3, -0.25) is 4.98 Å². The van der Waals surface area contributed by atoms with Crippen molar-refractivity contribution in [2.24, 2.45) is 0 Å². The molecule has 0 saturated carbocycles. The molecule has 3 nitrogen and oxygen atoms in total. The molecular formula is C10H13NO2. The normalized spacial score (nSPS) is 20.5. The summed E-state index contributed by atoms with van der Waals surface area (Å²) < 4.78 is 11.0. The first kappa shape index (κ1) is 8.51. The highest BCUT2D eigenvalue weighted by Gasteiger charge is 2.19. The standard InChI is InChI=1S/C10H13NO2/c1-2-12-10-6-5-8-9(13-10)4-3-7-11-8/h3-4,7,10H,2,5-6H2,1H3. The highest BCUT2D eigenvalue weighted by Crippen LogP contribution is 2.25. The van der Waals surface area contributed by atoms with Crippen LogP contribution in [-0.4, -0.2) is 17.9 Å². The number of rotatable bonds is 2. The third kappa shape index (κ3) is 1.80. The molecule has 70 valence electrons. The zero-order chi connectivity index (χ0) is 9.10. The van der Waals surface area contributed by atoms with E-state index in [1.165, 1.54) is 0 Å². The predicted octanol–water partition coefficient (Wildman–Crippen LogP) is 1.77. The number of nitrogens with zero attached hydrogens (tertiary/aromatic N) is 1. The number of ether oxygens (including phenoxy) is 2. The summed E-state index contributed by atoms with van der Waals surface area (Å²) in [4.78, 5) is 4.23. The van der Waals surface area contributed by atoms with Crippen molar-refractivity contribution in [1.29, 1.82) is 0 Å². The Bertz CT molecular complexity index is 288. The molecule has 1 aromatic heterocycles. The molecule has 2 rings (SSSR count). The quantitative estimate of drug-likeness (QED) is 0.693. The predicted molar refractivity (Wildman–Crippen MR) is 48.6 cm³/mol. The Morgan fingerprint density at radius 3 is 3.46 bits per heavy atom. The molecule has 0 fully saturated rings. The van der Waals surface area contributed by atoms with E-state index in [0.717, 1.165) is 24.3 Å². The van der Waals surface area contributed by atoms with Crippen LogP contribution >= 0.6 is 0 Å². The van der Waals surface area contributed by atoms with E-state index in [9.17, 15) is 0 Å². The van der Waals surface area contributed by atoms with Crippen molar-refractivity contribution in [2.45, 2.75) is 26.1 Å². The molecule has 13 heavy (non-hydrogen) atoms. The Labute approximate surface area is 77.7 Å². The minimum Gasteiger partial charge on any atom is -0.463 e. The molecule has 3 heteroatoms. The van der Waals surface area contributed by atoms with Gasteiger partial charge < -0.3 is 9.47 Å². The molecule has 1 aromatic rings. The number of hydrogen-bond donors (Lipinski definition) is 0. The lowest BCUT2D eigenvalue weighted by Gasteiger charge is -2.24. The van der Waals surface area contributed by atoms with E-state index >= 15 is 0 Å². The molecule has 0 aromatic carbocycles. The molecule has 0 N–H and O–H groups in total. The Hall–Kier alpha value is -1.09. The third-order valence-electron chi connectivity index (χ3n) is 2.08. The van der Waals surface area contributed by atoms with Gasteiger partial charge in [0.15, 0.2) is 6.29 Å². The second kappa shape index (κ2) is 3.75. The van der Waals surface area contributed by atoms with Gasteiger partial charge in [-0.2, -0.15) is 0 Å². The Morgan fingerprint density at radius 1 is 1.69 bits per heavy atom. The van der Waals surface area contributed by atoms with Crippen LogP contribution in [-0.2, 0) is 11.2 Å². The van der Waals surface area contributed by atoms with E-state index in [-0.39, 0.29) is 6.29 Å². The SMILES string of the molecule is CCOC1CCc2ncccc2O1. The zero-order valence-corrected chi connectivity index (χ0v) is 7.69. The van der Waals surface area contributed by atoms with Crippen molar-refractivity contribution in [3.63, 3.8) is 0 Å². The first-order valence-corrected chi connectivity index (χ1v) is 4.62. The fraction of sp³-hybridized carbons (Fsp3) is 0.500. The smallest absolute Gasteiger partial charge is 0.200 e. The lowest BCUT2D eigenvalue weighted by Crippen LogP contribution is -2.26. The van der Waals surface area contributed by atoms with Crippen LogP contribution in [0.3, 0.4) is 0 Å². The van der Waals surface area contributed by atoms with Crippen LogP contribution in [0.5, 0.6) is 5.75 Å². The number of hydrogen-bond acceptors (Lipinski definition) is 3. The number of aryl methyl sites for hydroxylation is 1. The zero-order valence-electron chi connectivity index (χ0n) is 7.69. The summed E-state index contributed by atoms with van der Waals surface area (Å²) in [5.74, 6) is 0.868. The third-order valence-corrected chi connectivity index (χ3v) is 2.08. The molecule has 1 atom stereocenters. The molecule has 0 radical (unpaired) electrons. The summed E-state index contributed by atoms with van der Waals surface area (Å²) in [7, 11) is 0. The number of aromatic nitrogens is 1. The van der Waals surface area contributed by atoms with Crippen LogP contribution in [0.2, 0.25) is 0 Å². The van der Waals surface area contributed by atoms with E-state index in [2.05, 4.69) is 4.98 Å². The Balaban J connectivity index is 2.11. The van der Waals surface area contributed by atoms with Gasteiger partial charge in [-0.15, -0.1) is 0 Å². The number of fused-ring (bicyclic) bond motifs is 1. The second-order valence-electron chi connectivity index (χ2n) is 2.99. The maximum absolute atomic E-state index is 5.59. The van der Waals surface area contributed by atoms with Crippen LogP contribution in [0.1, 0.15) is 19.0 Å². The van der Waals surface area contributed by atoms with Crippen LogP contribution < -0.4 is 4.74 Å². The average Bonchev–Trinajstić information content (AvgIpc) is 2.18. The maximum Gasteiger partial charge on any atom is 0.200 e. The van der Waals surface area contributed by atoms with Crippen LogP contribution in [0, 0.1) is 0 Å². The largest absolute Gasteiger partial charge is 0.463 e. The monoisotopic (exact) mass is 179 g/mol. The van der Waals surface area contributed by atoms with Gasteiger partial charge in [0.25, 0.3) is 0 Å². The molecule has 0 bridgehead atoms. The van der Waals surface area contributed by atoms with Gasteiger partial charge in [-0.05, 0) is 25.5 Å². The van der Waals surface area contributed by atoms with Gasteiger partial charge in [-0.1, -0.05) is 0 Å². The molecule has 2 heterocycles. The van der Waals surface area contributed by atoms with E-state index in [1.807, 2.05) is 19.1 Å². The van der Waals surface area contributed by atoms with Crippen molar-refractivity contribution >= 4 is 0 Å². The summed E-state index contributed by atoms with van der Waals surface area (Å²) in [6, 6.07) is 3.82. The summed E-state index contributed by atoms with van der Waals surface area (Å²) in [6.45, 7) is 2.67. The molecular weight excluding hydrogens is 166 g/mol. The van der Waals surface area contributed by atoms with Crippen molar-refractivity contribution < 1.29 is 9.47 Å². The number of pyridine rings is 1. The Kier molecular flexibility index (Phi) is 2.45. The summed E-state index contributed by atoms with van der Waals surface area (Å²) in [5.41, 5.74) is 1.04. The van der Waals surface area contributed by atoms with E-state index < -0.39 is 0 Å². The van der Waals surface area contributed by atoms with Gasteiger partial charge in [0.05, 0.1) is 5.69 Å². The topological polar surface area (TPSA) is 31.4 Å². The van der Waals surface area contributed by atoms with E-state index in [4.69, 9.17) is 9.47 Å². The average molecular weight is 179 g/mol. The first-order valence-electron chi connectivity index (χ1n) is 4.62. The van der Waals surface area contributed by atoms with Crippen molar-refractivity contribution in [1.82, 2.24) is 4.98 Å². The van der Waals surface area contributed by atoms with Crippen molar-refractivity contribution in [3.05, 3.63) is 24.0 Å². The second-order valence-corrected chi connectivity index (χ2v) is 2.99. The van der Waals surface area contributed by atoms with Gasteiger partial charge in [-0.25, -0.2) is 0 Å². The fourth-order valence-corrected chi connectivity index (χ4v) is 1.48. The van der Waals surface area contributed by atoms with Crippen molar-refractivity contribution in [3.8, 4) is 5.75 Å². The van der Waals surface area contributed by atoms with Gasteiger partial charge >= 0.3 is 0 Å². The summed E-state index contributed by atoms with van der Waals surface area (Å²) in [5, 5.41) is 0. The summed E-state index contributed by atoms with van der Waals surface area (Å²) in [6.07, 6.45) is 3.56. The van der Waals surface area contributed by atoms with Crippen LogP contribution in [0.4, 0.5) is 0 Å². The molecule has 0 spiro atoms.